The van der Waals surface area contributed by atoms with Gasteiger partial charge in [0.1, 0.15) is 27.7 Å². The smallest absolute Gasteiger partial charge is 0.305 e. The number of aliphatic hydroxyl groups is 4. The minimum Gasteiger partial charge on any atom is -0.508 e. The van der Waals surface area contributed by atoms with Crippen LogP contribution in [0.15, 0.2) is 29.0 Å². The van der Waals surface area contributed by atoms with Crippen molar-refractivity contribution in [2.75, 3.05) is 19.4 Å². The van der Waals surface area contributed by atoms with Gasteiger partial charge < -0.3 is 41.7 Å². The lowest BCUT2D eigenvalue weighted by atomic mass is 9.54. The maximum atomic E-state index is 14.0. The number of nitrogens with two attached hydrogens (primary N) is 1. The Morgan fingerprint density at radius 2 is 1.76 bits per heavy atom. The largest absolute Gasteiger partial charge is 0.508 e. The number of carboxylic acid groups (broad SMARTS) is 1. The Hall–Kier alpha value is -3.31. The Morgan fingerprint density at radius 3 is 2.29 bits per heavy atom. The zero-order valence-corrected chi connectivity index (χ0v) is 25.7. The van der Waals surface area contributed by atoms with Crippen molar-refractivity contribution in [3.05, 3.63) is 40.2 Å². The van der Waals surface area contributed by atoms with Crippen molar-refractivity contribution in [1.82, 2.24) is 4.90 Å². The van der Waals surface area contributed by atoms with E-state index in [2.05, 4.69) is 21.2 Å². The monoisotopic (exact) mass is 717 g/mol. The molecule has 1 aromatic carbocycles. The third kappa shape index (κ3) is 4.70. The van der Waals surface area contributed by atoms with Crippen LogP contribution in [-0.4, -0.2) is 102 Å². The molecule has 5 unspecified atom stereocenters. The van der Waals surface area contributed by atoms with E-state index in [4.69, 9.17) is 10.8 Å². The van der Waals surface area contributed by atoms with Gasteiger partial charge in [0.25, 0.3) is 5.91 Å². The van der Waals surface area contributed by atoms with Crippen LogP contribution in [0.3, 0.4) is 0 Å². The number of nitrogens with zero attached hydrogens (tertiary/aromatic N) is 1. The summed E-state index contributed by atoms with van der Waals surface area (Å²) in [6.07, 6.45) is -2.31. The van der Waals surface area contributed by atoms with Gasteiger partial charge in [-0.1, -0.05) is 28.9 Å². The number of benzene rings is 1. The number of aliphatic carboxylic acids is 1. The van der Waals surface area contributed by atoms with E-state index in [0.717, 1.165) is 0 Å². The Balaban J connectivity index is 0.00000484. The first-order chi connectivity index (χ1) is 19.0. The number of hydrogen-bond acceptors (Lipinski definition) is 11. The normalized spacial score (nSPS) is 29.3. The van der Waals surface area contributed by atoms with Crippen LogP contribution >= 0.6 is 32.9 Å². The van der Waals surface area contributed by atoms with E-state index in [0.29, 0.717) is 0 Å². The third-order valence-electron chi connectivity index (χ3n) is 8.03. The van der Waals surface area contributed by atoms with Crippen molar-refractivity contribution in [2.24, 2.45) is 17.6 Å². The summed E-state index contributed by atoms with van der Waals surface area (Å²) >= 11 is 2.94. The number of carbonyl (C=O) groups excluding carboxylic acids is 4. The highest BCUT2D eigenvalue weighted by Crippen LogP contribution is 2.56. The van der Waals surface area contributed by atoms with E-state index in [1.54, 1.807) is 6.92 Å². The molecule has 0 bridgehead atoms. The average Bonchev–Trinajstić information content (AvgIpc) is 2.86. The summed E-state index contributed by atoms with van der Waals surface area (Å²) in [4.78, 5) is 62.8. The number of alkyl halides is 1. The van der Waals surface area contributed by atoms with Crippen LogP contribution in [0, 0.1) is 11.8 Å². The van der Waals surface area contributed by atoms with Gasteiger partial charge in [0.15, 0.2) is 11.4 Å². The Labute approximate surface area is 257 Å². The quantitative estimate of drug-likeness (QED) is 0.112. The second-order valence-electron chi connectivity index (χ2n) is 10.5. The maximum Gasteiger partial charge on any atom is 0.305 e. The number of halogens is 2. The van der Waals surface area contributed by atoms with E-state index in [1.807, 2.05) is 0 Å². The lowest BCUT2D eigenvalue weighted by molar-refractivity contribution is -0.169. The minimum atomic E-state index is -3.05. The fourth-order valence-corrected chi connectivity index (χ4v) is 6.57. The molecule has 0 spiro atoms. The highest BCUT2D eigenvalue weighted by Gasteiger charge is 2.68. The summed E-state index contributed by atoms with van der Waals surface area (Å²) in [5, 5.41) is 67.8. The van der Waals surface area contributed by atoms with Gasteiger partial charge in [-0.25, -0.2) is 0 Å². The van der Waals surface area contributed by atoms with Crippen LogP contribution in [0.1, 0.15) is 30.4 Å². The summed E-state index contributed by atoms with van der Waals surface area (Å²) in [5.41, 5.74) is 0.323. The van der Waals surface area contributed by atoms with E-state index < -0.39 is 105 Å². The number of anilines is 1. The number of amides is 2. The molecule has 4 rings (SSSR count). The number of primary amides is 1. The number of likely N-dealkylation sites (N-methyl/N-ethyl adjacent to an activating group) is 1. The number of phenols is 1. The number of aromatic hydroxyl groups is 1. The first kappa shape index (κ1) is 33.2. The van der Waals surface area contributed by atoms with E-state index in [9.17, 15) is 49.5 Å². The molecule has 7 atom stereocenters. The molecule has 2 amide bonds. The number of carbonyl (C=O) groups is 5. The molecule has 3 aliphatic rings. The van der Waals surface area contributed by atoms with E-state index in [1.165, 1.54) is 31.1 Å². The van der Waals surface area contributed by atoms with E-state index >= 15 is 0 Å². The molecule has 3 aliphatic carbocycles. The summed E-state index contributed by atoms with van der Waals surface area (Å²) in [6, 6.07) is 1.23. The predicted octanol–water partition coefficient (Wildman–Crippen LogP) is 0.250. The summed E-state index contributed by atoms with van der Waals surface area (Å²) < 4.78 is 0. The van der Waals surface area contributed by atoms with Crippen LogP contribution in [0.25, 0.3) is 5.76 Å². The molecule has 1 saturated carbocycles. The van der Waals surface area contributed by atoms with Gasteiger partial charge in [0, 0.05) is 11.5 Å². The molecular weight excluding hydrogens is 690 g/mol. The first-order valence-corrected chi connectivity index (χ1v) is 13.2. The van der Waals surface area contributed by atoms with Crippen molar-refractivity contribution in [1.29, 1.82) is 0 Å². The second kappa shape index (κ2) is 11.4. The third-order valence-corrected chi connectivity index (χ3v) is 8.77. The van der Waals surface area contributed by atoms with Crippen LogP contribution in [-0.2, 0) is 24.0 Å². The van der Waals surface area contributed by atoms with Crippen molar-refractivity contribution < 1.29 is 54.6 Å². The molecule has 9 N–H and O–H groups in total. The maximum absolute atomic E-state index is 14.0. The molecule has 16 heteroatoms. The fourth-order valence-electron chi connectivity index (χ4n) is 6.17. The molecule has 0 heterocycles. The van der Waals surface area contributed by atoms with Crippen LogP contribution in [0.5, 0.6) is 5.75 Å². The molecule has 0 aliphatic heterocycles. The SMILES string of the molecule is Br.CC1c2ccc(NC(=O)C(Br)CC(=O)O)c(O)c2C(O)=C2C(=O)[C@]3(O)C(O)=C(C(N)=O)C(=O)[C@@H](N(C)C)C3C(O)C21. The summed E-state index contributed by atoms with van der Waals surface area (Å²) in [5.74, 6) is -12.5. The molecular formula is C26H29Br2N3O11. The number of hydrogen-bond donors (Lipinski definition) is 8. The van der Waals surface area contributed by atoms with Gasteiger partial charge in [-0.2, -0.15) is 0 Å². The van der Waals surface area contributed by atoms with Crippen molar-refractivity contribution >= 4 is 73.7 Å². The molecule has 0 saturated heterocycles. The molecule has 228 valence electrons. The number of Topliss-reactive ketones (excluding diaryl/α,β-unsaturated/α-hetero) is 2. The van der Waals surface area contributed by atoms with Gasteiger partial charge in [-0.05, 0) is 31.6 Å². The number of carboxylic acids is 1. The standard InChI is InChI=1S/C26H28BrN3O11.BrH/c1-7-8-4-5-10(29-25(40)9(27)6-11(31)32)18(33)13(8)19(34)14-12(7)20(35)16-17(30(2)3)21(36)15(24(28)39)23(38)26(16,41)22(14)37;/h4-5,7,9,12,16-17,20,33-35,38,41H,6H2,1-3H3,(H2,28,39)(H,29,40)(H,31,32);1H/t7?,9?,12?,16?,17-,20?,26-;/m0./s1. The van der Waals surface area contributed by atoms with Crippen LogP contribution < -0.4 is 11.1 Å². The van der Waals surface area contributed by atoms with Gasteiger partial charge in [-0.15, -0.1) is 17.0 Å². The van der Waals surface area contributed by atoms with Crippen molar-refractivity contribution in [3.8, 4) is 5.75 Å². The van der Waals surface area contributed by atoms with Gasteiger partial charge in [0.05, 0.1) is 35.7 Å². The Morgan fingerprint density at radius 1 is 1.17 bits per heavy atom. The van der Waals surface area contributed by atoms with Crippen LogP contribution in [0.4, 0.5) is 5.69 Å². The summed E-state index contributed by atoms with van der Waals surface area (Å²) in [7, 11) is 2.82. The lowest BCUT2D eigenvalue weighted by Crippen LogP contribution is -2.70. The minimum absolute atomic E-state index is 0. The number of rotatable bonds is 6. The Bertz CT molecular complexity index is 1470. The average molecular weight is 719 g/mol. The molecule has 0 radical (unpaired) electrons. The highest BCUT2D eigenvalue weighted by atomic mass is 79.9. The summed E-state index contributed by atoms with van der Waals surface area (Å²) in [6.45, 7) is 1.57. The molecule has 0 aromatic heterocycles. The fraction of sp³-hybridized carbons (Fsp3) is 0.423. The second-order valence-corrected chi connectivity index (χ2v) is 11.6. The van der Waals surface area contributed by atoms with Gasteiger partial charge >= 0.3 is 5.97 Å². The predicted molar refractivity (Wildman–Crippen MR) is 154 cm³/mol. The first-order valence-electron chi connectivity index (χ1n) is 12.3. The molecule has 42 heavy (non-hydrogen) atoms. The number of aliphatic hydroxyl groups excluding tert-OH is 3. The van der Waals surface area contributed by atoms with Crippen molar-refractivity contribution in [3.63, 3.8) is 0 Å². The van der Waals surface area contributed by atoms with Crippen LogP contribution in [0.2, 0.25) is 0 Å². The number of nitrogens with one attached hydrogen (secondary N) is 1. The zero-order valence-electron chi connectivity index (χ0n) is 22.4. The zero-order chi connectivity index (χ0) is 30.9. The Kier molecular flexibility index (Phi) is 9.02. The molecule has 14 nitrogen and oxygen atoms in total. The highest BCUT2D eigenvalue weighted by molar-refractivity contribution is 9.10. The number of fused-ring (bicyclic) bond motifs is 3. The van der Waals surface area contributed by atoms with Gasteiger partial charge in [0.2, 0.25) is 11.7 Å². The molecule has 1 fully saturated rings. The topological polar surface area (TPSA) is 248 Å². The number of ketones is 2. The molecule has 1 aromatic rings. The van der Waals surface area contributed by atoms with E-state index in [-0.39, 0.29) is 33.8 Å². The lowest BCUT2D eigenvalue weighted by Gasteiger charge is -2.53. The van der Waals surface area contributed by atoms with Gasteiger partial charge in [-0.3, -0.25) is 28.9 Å². The van der Waals surface area contributed by atoms with Crippen molar-refractivity contribution in [2.45, 2.75) is 41.8 Å². The number of phenolic OH excluding ortho intramolecular Hbond substituents is 1.